The molecule has 0 fully saturated rings. The van der Waals surface area contributed by atoms with Crippen molar-refractivity contribution in [1.29, 1.82) is 0 Å². The fourth-order valence-corrected chi connectivity index (χ4v) is 3.22. The molecule has 0 aliphatic carbocycles. The number of aromatic nitrogens is 2. The van der Waals surface area contributed by atoms with E-state index < -0.39 is 0 Å². The zero-order valence-electron chi connectivity index (χ0n) is 12.7. The number of fused-ring (bicyclic) bond motifs is 2. The summed E-state index contributed by atoms with van der Waals surface area (Å²) in [5.41, 5.74) is 4.06. The molecule has 2 aromatic heterocycles. The SMILES string of the molecule is O=C(Nc1ccc(Cl)c(Cl)c1)N1CCc2cn3cncc3cc2C1. The summed E-state index contributed by atoms with van der Waals surface area (Å²) >= 11 is 11.9. The number of carbonyl (C=O) groups excluding carboxylic acids is 1. The summed E-state index contributed by atoms with van der Waals surface area (Å²) in [7, 11) is 0. The molecule has 0 spiro atoms. The Balaban J connectivity index is 1.52. The molecular weight excluding hydrogens is 347 g/mol. The minimum atomic E-state index is -0.146. The first kappa shape index (κ1) is 15.3. The van der Waals surface area contributed by atoms with E-state index in [-0.39, 0.29) is 6.03 Å². The minimum absolute atomic E-state index is 0.146. The fourth-order valence-electron chi connectivity index (χ4n) is 2.92. The first-order valence-electron chi connectivity index (χ1n) is 7.54. The smallest absolute Gasteiger partial charge is 0.320 e. The van der Waals surface area contributed by atoms with Gasteiger partial charge < -0.3 is 14.6 Å². The van der Waals surface area contributed by atoms with Crippen LogP contribution in [0.15, 0.2) is 43.0 Å². The minimum Gasteiger partial charge on any atom is -0.320 e. The molecule has 3 heterocycles. The number of urea groups is 1. The van der Waals surface area contributed by atoms with Gasteiger partial charge in [-0.05, 0) is 41.8 Å². The van der Waals surface area contributed by atoms with Crippen molar-refractivity contribution in [3.8, 4) is 0 Å². The van der Waals surface area contributed by atoms with Crippen molar-refractivity contribution in [1.82, 2.24) is 14.3 Å². The Morgan fingerprint density at radius 2 is 2.04 bits per heavy atom. The number of anilines is 1. The van der Waals surface area contributed by atoms with Crippen LogP contribution in [0, 0.1) is 0 Å². The third kappa shape index (κ3) is 2.81. The summed E-state index contributed by atoms with van der Waals surface area (Å²) in [5, 5.41) is 3.75. The molecule has 7 heteroatoms. The van der Waals surface area contributed by atoms with Crippen LogP contribution in [0.25, 0.3) is 5.52 Å². The number of hydrogen-bond donors (Lipinski definition) is 1. The number of halogens is 2. The van der Waals surface area contributed by atoms with E-state index in [4.69, 9.17) is 23.2 Å². The number of rotatable bonds is 1. The van der Waals surface area contributed by atoms with Gasteiger partial charge in [-0.15, -0.1) is 0 Å². The van der Waals surface area contributed by atoms with Crippen molar-refractivity contribution in [2.45, 2.75) is 13.0 Å². The molecule has 0 atom stereocenters. The molecule has 0 saturated heterocycles. The van der Waals surface area contributed by atoms with E-state index in [9.17, 15) is 4.79 Å². The normalized spacial score (nSPS) is 13.8. The largest absolute Gasteiger partial charge is 0.322 e. The number of nitrogens with zero attached hydrogens (tertiary/aromatic N) is 3. The van der Waals surface area contributed by atoms with E-state index in [1.54, 1.807) is 29.4 Å². The van der Waals surface area contributed by atoms with Crippen molar-refractivity contribution in [3.05, 3.63) is 64.2 Å². The van der Waals surface area contributed by atoms with Crippen LogP contribution in [-0.2, 0) is 13.0 Å². The van der Waals surface area contributed by atoms with E-state index >= 15 is 0 Å². The van der Waals surface area contributed by atoms with Crippen molar-refractivity contribution in [2.75, 3.05) is 11.9 Å². The monoisotopic (exact) mass is 360 g/mol. The van der Waals surface area contributed by atoms with Gasteiger partial charge in [0, 0.05) is 25.0 Å². The fraction of sp³-hybridized carbons (Fsp3) is 0.176. The predicted molar refractivity (Wildman–Crippen MR) is 94.8 cm³/mol. The maximum atomic E-state index is 12.5. The lowest BCUT2D eigenvalue weighted by molar-refractivity contribution is 0.206. The van der Waals surface area contributed by atoms with Crippen LogP contribution in [0.3, 0.4) is 0 Å². The Hall–Kier alpha value is -2.24. The zero-order chi connectivity index (χ0) is 16.7. The first-order valence-corrected chi connectivity index (χ1v) is 8.30. The number of pyridine rings is 1. The molecule has 0 bridgehead atoms. The topological polar surface area (TPSA) is 49.6 Å². The quantitative estimate of drug-likeness (QED) is 0.705. The Morgan fingerprint density at radius 1 is 1.17 bits per heavy atom. The third-order valence-electron chi connectivity index (χ3n) is 4.20. The summed E-state index contributed by atoms with van der Waals surface area (Å²) in [6.07, 6.45) is 6.51. The Bertz CT molecular complexity index is 937. The number of carbonyl (C=O) groups is 1. The summed E-state index contributed by atoms with van der Waals surface area (Å²) in [4.78, 5) is 18.4. The molecule has 2 amide bonds. The first-order chi connectivity index (χ1) is 11.6. The number of nitrogens with one attached hydrogen (secondary N) is 1. The summed E-state index contributed by atoms with van der Waals surface area (Å²) < 4.78 is 2.00. The van der Waals surface area contributed by atoms with Gasteiger partial charge in [-0.1, -0.05) is 23.2 Å². The second kappa shape index (κ2) is 6.00. The maximum Gasteiger partial charge on any atom is 0.322 e. The number of hydrogen-bond acceptors (Lipinski definition) is 2. The van der Waals surface area contributed by atoms with Gasteiger partial charge in [0.2, 0.25) is 0 Å². The lowest BCUT2D eigenvalue weighted by Gasteiger charge is -2.29. The molecule has 0 unspecified atom stereocenters. The van der Waals surface area contributed by atoms with Crippen LogP contribution in [0.2, 0.25) is 10.0 Å². The Morgan fingerprint density at radius 3 is 2.88 bits per heavy atom. The van der Waals surface area contributed by atoms with Crippen LogP contribution in [0.5, 0.6) is 0 Å². The molecule has 24 heavy (non-hydrogen) atoms. The molecule has 0 radical (unpaired) electrons. The standard InChI is InChI=1S/C17H14Cl2N4O/c18-15-2-1-13(6-16(15)19)21-17(24)22-4-3-11-8-23-10-20-7-14(23)5-12(11)9-22/h1-2,5-8,10H,3-4,9H2,(H,21,24). The van der Waals surface area contributed by atoms with Crippen LogP contribution in [0.4, 0.5) is 10.5 Å². The van der Waals surface area contributed by atoms with E-state index in [0.29, 0.717) is 28.8 Å². The molecule has 4 rings (SSSR count). The molecule has 0 saturated carbocycles. The van der Waals surface area contributed by atoms with Crippen LogP contribution in [-0.4, -0.2) is 26.9 Å². The lowest BCUT2D eigenvalue weighted by atomic mass is 10.0. The molecule has 1 aromatic carbocycles. The molecular formula is C17H14Cl2N4O. The Kier molecular flexibility index (Phi) is 3.82. The van der Waals surface area contributed by atoms with Crippen LogP contribution >= 0.6 is 23.2 Å². The molecule has 5 nitrogen and oxygen atoms in total. The van der Waals surface area contributed by atoms with Crippen molar-refractivity contribution >= 4 is 40.4 Å². The van der Waals surface area contributed by atoms with Gasteiger partial charge in [0.05, 0.1) is 28.1 Å². The third-order valence-corrected chi connectivity index (χ3v) is 4.93. The summed E-state index contributed by atoms with van der Waals surface area (Å²) in [5.74, 6) is 0. The molecule has 1 aliphatic heterocycles. The summed E-state index contributed by atoms with van der Waals surface area (Å²) in [6.45, 7) is 1.24. The second-order valence-corrected chi connectivity index (χ2v) is 6.59. The second-order valence-electron chi connectivity index (χ2n) is 5.78. The van der Waals surface area contributed by atoms with Gasteiger partial charge in [-0.25, -0.2) is 9.78 Å². The highest BCUT2D eigenvalue weighted by Crippen LogP contribution is 2.26. The van der Waals surface area contributed by atoms with Crippen molar-refractivity contribution < 1.29 is 4.79 Å². The average Bonchev–Trinajstić information content (AvgIpc) is 3.02. The van der Waals surface area contributed by atoms with Gasteiger partial charge in [0.1, 0.15) is 0 Å². The number of amides is 2. The lowest BCUT2D eigenvalue weighted by Crippen LogP contribution is -2.39. The maximum absolute atomic E-state index is 12.5. The van der Waals surface area contributed by atoms with E-state index in [2.05, 4.69) is 22.6 Å². The van der Waals surface area contributed by atoms with Gasteiger partial charge in [-0.3, -0.25) is 0 Å². The van der Waals surface area contributed by atoms with E-state index in [1.165, 1.54) is 5.56 Å². The number of benzene rings is 1. The van der Waals surface area contributed by atoms with Gasteiger partial charge in [0.15, 0.2) is 0 Å². The average molecular weight is 361 g/mol. The van der Waals surface area contributed by atoms with Gasteiger partial charge >= 0.3 is 6.03 Å². The van der Waals surface area contributed by atoms with Crippen molar-refractivity contribution in [3.63, 3.8) is 0 Å². The van der Waals surface area contributed by atoms with Crippen LogP contribution < -0.4 is 5.32 Å². The summed E-state index contributed by atoms with van der Waals surface area (Å²) in [6, 6.07) is 6.99. The molecule has 1 aliphatic rings. The van der Waals surface area contributed by atoms with E-state index in [1.807, 2.05) is 10.6 Å². The van der Waals surface area contributed by atoms with E-state index in [0.717, 1.165) is 17.5 Å². The van der Waals surface area contributed by atoms with Gasteiger partial charge in [-0.2, -0.15) is 0 Å². The molecule has 1 N–H and O–H groups in total. The highest BCUT2D eigenvalue weighted by atomic mass is 35.5. The molecule has 3 aromatic rings. The van der Waals surface area contributed by atoms with Crippen LogP contribution in [0.1, 0.15) is 11.1 Å². The highest BCUT2D eigenvalue weighted by Gasteiger charge is 2.21. The zero-order valence-corrected chi connectivity index (χ0v) is 14.2. The predicted octanol–water partition coefficient (Wildman–Crippen LogP) is 4.23. The van der Waals surface area contributed by atoms with Gasteiger partial charge in [0.25, 0.3) is 0 Å². The molecule has 122 valence electrons. The highest BCUT2D eigenvalue weighted by molar-refractivity contribution is 6.42. The number of imidazole rings is 1. The van der Waals surface area contributed by atoms with Crippen molar-refractivity contribution in [2.24, 2.45) is 0 Å². The Labute approximate surface area is 148 Å².